The Bertz CT molecular complexity index is 389. The summed E-state index contributed by atoms with van der Waals surface area (Å²) in [4.78, 5) is 2.26. The van der Waals surface area contributed by atoms with Crippen molar-refractivity contribution in [3.8, 4) is 0 Å². The Balaban J connectivity index is 1.60. The Kier molecular flexibility index (Phi) is 5.94. The van der Waals surface area contributed by atoms with Crippen LogP contribution in [-0.4, -0.2) is 58.8 Å². The predicted molar refractivity (Wildman–Crippen MR) is 78.5 cm³/mol. The van der Waals surface area contributed by atoms with E-state index in [-0.39, 0.29) is 0 Å². The molecule has 0 radical (unpaired) electrons. The largest absolute Gasteiger partial charge is 0.377 e. The molecule has 0 aliphatic heterocycles. The lowest BCUT2D eigenvalue weighted by atomic mass is 10.4. The maximum Gasteiger partial charge on any atom is 0.0964 e. The first-order valence-electron chi connectivity index (χ1n) is 7.56. The monoisotopic (exact) mass is 281 g/mol. The van der Waals surface area contributed by atoms with E-state index >= 15 is 0 Å². The minimum atomic E-state index is 0.306. The molecule has 2 rings (SSSR count). The van der Waals surface area contributed by atoms with Crippen LogP contribution in [0.4, 0.5) is 0 Å². The second-order valence-corrected chi connectivity index (χ2v) is 5.85. The van der Waals surface area contributed by atoms with Gasteiger partial charge >= 0.3 is 0 Å². The normalized spacial score (nSPS) is 15.4. The van der Waals surface area contributed by atoms with Crippen LogP contribution in [0.3, 0.4) is 0 Å². The molecule has 0 unspecified atom stereocenters. The SMILES string of the molecule is CC(C)OCCN(C)CCn1cc(CNC2CC2)nn1. The van der Waals surface area contributed by atoms with E-state index in [9.17, 15) is 0 Å². The van der Waals surface area contributed by atoms with Crippen LogP contribution in [0.2, 0.25) is 0 Å². The molecule has 0 atom stereocenters. The summed E-state index contributed by atoms with van der Waals surface area (Å²) in [6.45, 7) is 8.52. The third-order valence-corrected chi connectivity index (χ3v) is 3.37. The minimum absolute atomic E-state index is 0.306. The van der Waals surface area contributed by atoms with E-state index in [4.69, 9.17) is 4.74 Å². The number of hydrogen-bond donors (Lipinski definition) is 1. The molecule has 0 bridgehead atoms. The molecule has 0 saturated heterocycles. The number of likely N-dealkylation sites (N-methyl/N-ethyl adjacent to an activating group) is 1. The molecular formula is C14H27N5O. The van der Waals surface area contributed by atoms with Gasteiger partial charge in [-0.15, -0.1) is 5.10 Å². The van der Waals surface area contributed by atoms with Crippen molar-refractivity contribution in [2.45, 2.75) is 51.9 Å². The van der Waals surface area contributed by atoms with Crippen molar-refractivity contribution in [1.82, 2.24) is 25.2 Å². The fourth-order valence-corrected chi connectivity index (χ4v) is 1.89. The third-order valence-electron chi connectivity index (χ3n) is 3.37. The molecular weight excluding hydrogens is 254 g/mol. The Morgan fingerprint density at radius 3 is 2.95 bits per heavy atom. The molecule has 1 aliphatic carbocycles. The van der Waals surface area contributed by atoms with Gasteiger partial charge in [-0.25, -0.2) is 0 Å². The van der Waals surface area contributed by atoms with Gasteiger partial charge in [0.15, 0.2) is 0 Å². The smallest absolute Gasteiger partial charge is 0.0964 e. The zero-order valence-electron chi connectivity index (χ0n) is 12.9. The van der Waals surface area contributed by atoms with Gasteiger partial charge in [0, 0.05) is 31.9 Å². The zero-order valence-corrected chi connectivity index (χ0v) is 12.9. The van der Waals surface area contributed by atoms with Crippen molar-refractivity contribution in [3.63, 3.8) is 0 Å². The van der Waals surface area contributed by atoms with E-state index < -0.39 is 0 Å². The topological polar surface area (TPSA) is 55.2 Å². The van der Waals surface area contributed by atoms with Gasteiger partial charge in [-0.3, -0.25) is 4.68 Å². The van der Waals surface area contributed by atoms with Gasteiger partial charge in [-0.1, -0.05) is 5.21 Å². The molecule has 6 nitrogen and oxygen atoms in total. The molecule has 1 fully saturated rings. The summed E-state index contributed by atoms with van der Waals surface area (Å²) in [5.74, 6) is 0. The van der Waals surface area contributed by atoms with Gasteiger partial charge in [0.25, 0.3) is 0 Å². The van der Waals surface area contributed by atoms with Gasteiger partial charge < -0.3 is 15.0 Å². The van der Waals surface area contributed by atoms with Crippen molar-refractivity contribution >= 4 is 0 Å². The molecule has 6 heteroatoms. The fraction of sp³-hybridized carbons (Fsp3) is 0.857. The highest BCUT2D eigenvalue weighted by molar-refractivity contribution is 4.94. The predicted octanol–water partition coefficient (Wildman–Crippen LogP) is 0.887. The van der Waals surface area contributed by atoms with Gasteiger partial charge in [0.1, 0.15) is 0 Å². The van der Waals surface area contributed by atoms with Crippen LogP contribution in [0.5, 0.6) is 0 Å². The maximum atomic E-state index is 5.54. The summed E-state index contributed by atoms with van der Waals surface area (Å²) >= 11 is 0. The lowest BCUT2D eigenvalue weighted by molar-refractivity contribution is 0.0631. The summed E-state index contributed by atoms with van der Waals surface area (Å²) in [6.07, 6.45) is 4.95. The second kappa shape index (κ2) is 7.71. The van der Waals surface area contributed by atoms with Crippen molar-refractivity contribution in [2.75, 3.05) is 26.7 Å². The van der Waals surface area contributed by atoms with Crippen LogP contribution in [-0.2, 0) is 17.8 Å². The quantitative estimate of drug-likeness (QED) is 0.690. The summed E-state index contributed by atoms with van der Waals surface area (Å²) in [5, 5.41) is 11.8. The standard InChI is InChI=1S/C14H27N5O/c1-12(2)20-9-8-18(3)6-7-19-11-14(16-17-19)10-15-13-4-5-13/h11-13,15H,4-10H2,1-3H3. The van der Waals surface area contributed by atoms with Crippen molar-refractivity contribution in [3.05, 3.63) is 11.9 Å². The number of nitrogens with one attached hydrogen (secondary N) is 1. The first kappa shape index (κ1) is 15.4. The van der Waals surface area contributed by atoms with Crippen LogP contribution in [0, 0.1) is 0 Å². The van der Waals surface area contributed by atoms with Crippen LogP contribution >= 0.6 is 0 Å². The molecule has 20 heavy (non-hydrogen) atoms. The first-order chi connectivity index (χ1) is 9.63. The Hall–Kier alpha value is -0.980. The van der Waals surface area contributed by atoms with E-state index in [1.807, 2.05) is 10.9 Å². The summed E-state index contributed by atoms with van der Waals surface area (Å²) in [6, 6.07) is 0.715. The average molecular weight is 281 g/mol. The van der Waals surface area contributed by atoms with E-state index in [0.29, 0.717) is 12.1 Å². The van der Waals surface area contributed by atoms with Gasteiger partial charge in [0.05, 0.1) is 24.9 Å². The highest BCUT2D eigenvalue weighted by Crippen LogP contribution is 2.18. The van der Waals surface area contributed by atoms with Crippen LogP contribution < -0.4 is 5.32 Å². The van der Waals surface area contributed by atoms with Gasteiger partial charge in [-0.05, 0) is 33.7 Å². The minimum Gasteiger partial charge on any atom is -0.377 e. The lowest BCUT2D eigenvalue weighted by Gasteiger charge is -2.17. The molecule has 0 amide bonds. The average Bonchev–Trinajstić information content (AvgIpc) is 3.12. The van der Waals surface area contributed by atoms with E-state index in [1.165, 1.54) is 12.8 Å². The van der Waals surface area contributed by atoms with Crippen LogP contribution in [0.15, 0.2) is 6.20 Å². The fourth-order valence-electron chi connectivity index (χ4n) is 1.89. The van der Waals surface area contributed by atoms with Crippen LogP contribution in [0.1, 0.15) is 32.4 Å². The van der Waals surface area contributed by atoms with Crippen LogP contribution in [0.25, 0.3) is 0 Å². The lowest BCUT2D eigenvalue weighted by Crippen LogP contribution is -2.28. The van der Waals surface area contributed by atoms with E-state index in [1.54, 1.807) is 0 Å². The Morgan fingerprint density at radius 2 is 2.25 bits per heavy atom. The number of aromatic nitrogens is 3. The second-order valence-electron chi connectivity index (χ2n) is 5.85. The molecule has 1 aromatic rings. The van der Waals surface area contributed by atoms with Gasteiger partial charge in [0.2, 0.25) is 0 Å². The van der Waals surface area contributed by atoms with Crippen molar-refractivity contribution in [1.29, 1.82) is 0 Å². The number of ether oxygens (including phenoxy) is 1. The Labute approximate surface area is 121 Å². The summed E-state index contributed by atoms with van der Waals surface area (Å²) < 4.78 is 7.46. The number of rotatable bonds is 10. The molecule has 0 spiro atoms. The summed E-state index contributed by atoms with van der Waals surface area (Å²) in [7, 11) is 2.11. The highest BCUT2D eigenvalue weighted by Gasteiger charge is 2.20. The molecule has 1 N–H and O–H groups in total. The van der Waals surface area contributed by atoms with Crippen molar-refractivity contribution in [2.24, 2.45) is 0 Å². The molecule has 1 saturated carbocycles. The van der Waals surface area contributed by atoms with Gasteiger partial charge in [-0.2, -0.15) is 0 Å². The molecule has 1 aromatic heterocycles. The van der Waals surface area contributed by atoms with Crippen molar-refractivity contribution < 1.29 is 4.74 Å². The molecule has 1 aliphatic rings. The van der Waals surface area contributed by atoms with E-state index in [2.05, 4.69) is 41.4 Å². The summed E-state index contributed by atoms with van der Waals surface area (Å²) in [5.41, 5.74) is 1.03. The highest BCUT2D eigenvalue weighted by atomic mass is 16.5. The zero-order chi connectivity index (χ0) is 14.4. The van der Waals surface area contributed by atoms with E-state index in [0.717, 1.165) is 38.5 Å². The maximum absolute atomic E-state index is 5.54. The number of nitrogens with zero attached hydrogens (tertiary/aromatic N) is 4. The number of hydrogen-bond acceptors (Lipinski definition) is 5. The third kappa shape index (κ3) is 5.98. The first-order valence-corrected chi connectivity index (χ1v) is 7.56. The molecule has 114 valence electrons. The molecule has 1 heterocycles. The molecule has 0 aromatic carbocycles. The Morgan fingerprint density at radius 1 is 1.45 bits per heavy atom.